The number of para-hydroxylation sites is 1. The number of rotatable bonds is 2. The van der Waals surface area contributed by atoms with Crippen molar-refractivity contribution in [2.24, 2.45) is 5.92 Å². The number of furan rings is 1. The minimum atomic E-state index is 0.715. The van der Waals surface area contributed by atoms with Crippen LogP contribution in [0.3, 0.4) is 0 Å². The molecular weight excluding hydrogens is 236 g/mol. The highest BCUT2D eigenvalue weighted by Crippen LogP contribution is 2.28. The molecular formula is C16H20N2O. The normalized spacial score (nSPS) is 27.8. The highest BCUT2D eigenvalue weighted by molar-refractivity contribution is 5.80. The molecule has 19 heavy (non-hydrogen) atoms. The van der Waals surface area contributed by atoms with E-state index in [1.165, 1.54) is 43.4 Å². The second-order valence-corrected chi connectivity index (χ2v) is 5.91. The number of piperidine rings is 1. The fraction of sp³-hybridized carbons (Fsp3) is 0.500. The van der Waals surface area contributed by atoms with Gasteiger partial charge in [0.2, 0.25) is 0 Å². The molecule has 0 aliphatic carbocycles. The van der Waals surface area contributed by atoms with Crippen LogP contribution in [0, 0.1) is 5.92 Å². The number of fused-ring (bicyclic) bond motifs is 2. The van der Waals surface area contributed by atoms with Crippen LogP contribution in [0.25, 0.3) is 11.0 Å². The third kappa shape index (κ3) is 2.07. The van der Waals surface area contributed by atoms with Crippen LogP contribution < -0.4 is 5.32 Å². The zero-order chi connectivity index (χ0) is 12.7. The van der Waals surface area contributed by atoms with E-state index in [1.54, 1.807) is 0 Å². The standard InChI is InChI=1S/C16H20N2O/c1-2-6-16-14(5-1)13(11-19-16)9-18-8-12-4-3-7-17-15(12)10-18/h1-2,5-6,11-12,15,17H,3-4,7-10H2/t12-,15+/m0/s1. The molecule has 0 spiro atoms. The SMILES string of the molecule is c1ccc2c(CN3C[C@@H]4CCCN[C@@H]4C3)coc2c1. The molecule has 0 amide bonds. The van der Waals surface area contributed by atoms with Gasteiger partial charge in [0, 0.05) is 36.6 Å². The van der Waals surface area contributed by atoms with Crippen LogP contribution in [0.2, 0.25) is 0 Å². The molecule has 2 saturated heterocycles. The van der Waals surface area contributed by atoms with Crippen LogP contribution >= 0.6 is 0 Å². The Labute approximate surface area is 113 Å². The molecule has 100 valence electrons. The van der Waals surface area contributed by atoms with Gasteiger partial charge in [-0.3, -0.25) is 4.90 Å². The summed E-state index contributed by atoms with van der Waals surface area (Å²) in [5.74, 6) is 0.854. The van der Waals surface area contributed by atoms with Gasteiger partial charge in [0.25, 0.3) is 0 Å². The molecule has 3 heterocycles. The summed E-state index contributed by atoms with van der Waals surface area (Å²) in [4.78, 5) is 2.57. The molecule has 1 aromatic heterocycles. The highest BCUT2D eigenvalue weighted by atomic mass is 16.3. The lowest BCUT2D eigenvalue weighted by molar-refractivity contribution is 0.312. The van der Waals surface area contributed by atoms with Gasteiger partial charge in [-0.25, -0.2) is 0 Å². The molecule has 2 fully saturated rings. The Morgan fingerprint density at radius 2 is 2.21 bits per heavy atom. The van der Waals surface area contributed by atoms with E-state index in [2.05, 4.69) is 22.3 Å². The first-order valence-electron chi connectivity index (χ1n) is 7.31. The zero-order valence-electron chi connectivity index (χ0n) is 11.1. The number of hydrogen-bond donors (Lipinski definition) is 1. The molecule has 1 N–H and O–H groups in total. The Morgan fingerprint density at radius 1 is 1.26 bits per heavy atom. The summed E-state index contributed by atoms with van der Waals surface area (Å²) in [6.45, 7) is 4.64. The largest absolute Gasteiger partial charge is 0.464 e. The van der Waals surface area contributed by atoms with Crippen molar-refractivity contribution in [1.29, 1.82) is 0 Å². The third-order valence-electron chi connectivity index (χ3n) is 4.63. The van der Waals surface area contributed by atoms with Crippen molar-refractivity contribution in [1.82, 2.24) is 10.2 Å². The first-order chi connectivity index (χ1) is 9.40. The first-order valence-corrected chi connectivity index (χ1v) is 7.31. The van der Waals surface area contributed by atoms with E-state index in [9.17, 15) is 0 Å². The van der Waals surface area contributed by atoms with E-state index in [1.807, 2.05) is 18.4 Å². The van der Waals surface area contributed by atoms with E-state index in [0.29, 0.717) is 6.04 Å². The summed E-state index contributed by atoms with van der Waals surface area (Å²) >= 11 is 0. The molecule has 0 radical (unpaired) electrons. The monoisotopic (exact) mass is 256 g/mol. The number of hydrogen-bond acceptors (Lipinski definition) is 3. The van der Waals surface area contributed by atoms with Crippen LogP contribution in [0.4, 0.5) is 0 Å². The Kier molecular flexibility index (Phi) is 2.82. The quantitative estimate of drug-likeness (QED) is 0.895. The van der Waals surface area contributed by atoms with Gasteiger partial charge in [-0.15, -0.1) is 0 Å². The molecule has 2 aliphatic heterocycles. The van der Waals surface area contributed by atoms with Crippen molar-refractivity contribution in [3.63, 3.8) is 0 Å². The molecule has 3 heteroatoms. The van der Waals surface area contributed by atoms with E-state index in [4.69, 9.17) is 4.42 Å². The smallest absolute Gasteiger partial charge is 0.134 e. The summed E-state index contributed by atoms with van der Waals surface area (Å²) in [5.41, 5.74) is 2.33. The Morgan fingerprint density at radius 3 is 3.16 bits per heavy atom. The second kappa shape index (κ2) is 4.66. The zero-order valence-corrected chi connectivity index (χ0v) is 11.1. The van der Waals surface area contributed by atoms with Gasteiger partial charge in [0.15, 0.2) is 0 Å². The minimum Gasteiger partial charge on any atom is -0.464 e. The van der Waals surface area contributed by atoms with Crippen molar-refractivity contribution < 1.29 is 4.42 Å². The maximum absolute atomic E-state index is 5.64. The third-order valence-corrected chi connectivity index (χ3v) is 4.63. The van der Waals surface area contributed by atoms with Crippen molar-refractivity contribution in [3.8, 4) is 0 Å². The molecule has 0 unspecified atom stereocenters. The molecule has 0 bridgehead atoms. The van der Waals surface area contributed by atoms with Crippen LogP contribution in [0.1, 0.15) is 18.4 Å². The van der Waals surface area contributed by atoms with Crippen molar-refractivity contribution in [2.45, 2.75) is 25.4 Å². The average molecular weight is 256 g/mol. The lowest BCUT2D eigenvalue weighted by atomic mass is 9.94. The number of benzene rings is 1. The summed E-state index contributed by atoms with van der Waals surface area (Å²) in [5, 5.41) is 4.93. The molecule has 1 aromatic carbocycles. The Hall–Kier alpha value is -1.32. The lowest BCUT2D eigenvalue weighted by Gasteiger charge is -2.24. The van der Waals surface area contributed by atoms with Gasteiger partial charge >= 0.3 is 0 Å². The summed E-state index contributed by atoms with van der Waals surface area (Å²) < 4.78 is 5.64. The van der Waals surface area contributed by atoms with Crippen LogP contribution in [0.5, 0.6) is 0 Å². The Bertz CT molecular complexity index is 563. The predicted octanol–water partition coefficient (Wildman–Crippen LogP) is 2.62. The maximum atomic E-state index is 5.64. The number of likely N-dealkylation sites (tertiary alicyclic amines) is 1. The van der Waals surface area contributed by atoms with Gasteiger partial charge in [0.1, 0.15) is 5.58 Å². The first kappa shape index (κ1) is 11.5. The fourth-order valence-corrected chi connectivity index (χ4v) is 3.66. The maximum Gasteiger partial charge on any atom is 0.134 e. The predicted molar refractivity (Wildman–Crippen MR) is 76.0 cm³/mol. The second-order valence-electron chi connectivity index (χ2n) is 5.91. The summed E-state index contributed by atoms with van der Waals surface area (Å²) in [7, 11) is 0. The van der Waals surface area contributed by atoms with Gasteiger partial charge in [-0.1, -0.05) is 18.2 Å². The number of nitrogens with zero attached hydrogens (tertiary/aromatic N) is 1. The topological polar surface area (TPSA) is 28.4 Å². The molecule has 3 nitrogen and oxygen atoms in total. The minimum absolute atomic E-state index is 0.715. The van der Waals surface area contributed by atoms with Gasteiger partial charge in [-0.05, 0) is 31.4 Å². The van der Waals surface area contributed by atoms with E-state index < -0.39 is 0 Å². The van der Waals surface area contributed by atoms with Crippen molar-refractivity contribution in [3.05, 3.63) is 36.1 Å². The van der Waals surface area contributed by atoms with Gasteiger partial charge < -0.3 is 9.73 Å². The number of nitrogens with one attached hydrogen (secondary N) is 1. The van der Waals surface area contributed by atoms with Crippen LogP contribution in [-0.2, 0) is 6.54 Å². The molecule has 2 aromatic rings. The van der Waals surface area contributed by atoms with Crippen molar-refractivity contribution in [2.75, 3.05) is 19.6 Å². The molecule has 2 atom stereocenters. The van der Waals surface area contributed by atoms with Crippen LogP contribution in [0.15, 0.2) is 34.9 Å². The Balaban J connectivity index is 1.52. The highest BCUT2D eigenvalue weighted by Gasteiger charge is 2.34. The molecule has 4 rings (SSSR count). The molecule has 2 aliphatic rings. The molecule has 0 saturated carbocycles. The summed E-state index contributed by atoms with van der Waals surface area (Å²) in [6.07, 6.45) is 4.66. The van der Waals surface area contributed by atoms with Gasteiger partial charge in [-0.2, -0.15) is 0 Å². The summed E-state index contributed by atoms with van der Waals surface area (Å²) in [6, 6.07) is 9.04. The van der Waals surface area contributed by atoms with Crippen molar-refractivity contribution >= 4 is 11.0 Å². The van der Waals surface area contributed by atoms with Crippen LogP contribution in [-0.4, -0.2) is 30.6 Å². The fourth-order valence-electron chi connectivity index (χ4n) is 3.66. The lowest BCUT2D eigenvalue weighted by Crippen LogP contribution is -2.40. The van der Waals surface area contributed by atoms with E-state index in [0.717, 1.165) is 18.0 Å². The van der Waals surface area contributed by atoms with Gasteiger partial charge in [0.05, 0.1) is 6.26 Å². The average Bonchev–Trinajstić information content (AvgIpc) is 3.03. The van der Waals surface area contributed by atoms with E-state index in [-0.39, 0.29) is 0 Å². The van der Waals surface area contributed by atoms with E-state index >= 15 is 0 Å².